The molecule has 0 aromatic carbocycles. The van der Waals surface area contributed by atoms with Gasteiger partial charge in [-0.3, -0.25) is 14.9 Å². The first kappa shape index (κ1) is 18.0. The van der Waals surface area contributed by atoms with Gasteiger partial charge >= 0.3 is 5.69 Å². The average molecular weight is 406 g/mol. The second-order valence-electron chi connectivity index (χ2n) is 6.69. The summed E-state index contributed by atoms with van der Waals surface area (Å²) in [6, 6.07) is 7.05. The van der Waals surface area contributed by atoms with Gasteiger partial charge in [0.1, 0.15) is 0 Å². The summed E-state index contributed by atoms with van der Waals surface area (Å²) < 4.78 is 2.41. The van der Waals surface area contributed by atoms with Gasteiger partial charge in [-0.15, -0.1) is 14.9 Å². The standard InChI is InChI=1S/C18H18N10O2/c29-16(21-12-11-20-5-4-13(12)26-9-6-19-7-10-26)15-22-17(24-23-15)28-18(30)27-8-2-1-3-14(27)25-28/h1-5,8,11,19H,6-7,9-10H2,(H,21,29)(H,22,23,24). The molecule has 5 rings (SSSR count). The summed E-state index contributed by atoms with van der Waals surface area (Å²) in [5.41, 5.74) is 1.49. The minimum atomic E-state index is -0.491. The van der Waals surface area contributed by atoms with Crippen LogP contribution in [-0.4, -0.2) is 66.4 Å². The first-order valence-corrected chi connectivity index (χ1v) is 9.41. The van der Waals surface area contributed by atoms with Crippen molar-refractivity contribution in [2.75, 3.05) is 36.4 Å². The first-order valence-electron chi connectivity index (χ1n) is 9.41. The van der Waals surface area contributed by atoms with Crippen LogP contribution in [-0.2, 0) is 0 Å². The van der Waals surface area contributed by atoms with Gasteiger partial charge in [0.05, 0.1) is 17.6 Å². The van der Waals surface area contributed by atoms with Crippen LogP contribution in [0.15, 0.2) is 47.7 Å². The number of nitrogens with one attached hydrogen (secondary N) is 3. The number of aromatic amines is 1. The van der Waals surface area contributed by atoms with Gasteiger partial charge < -0.3 is 15.5 Å². The molecule has 4 aromatic rings. The summed E-state index contributed by atoms with van der Waals surface area (Å²) in [4.78, 5) is 35.6. The Morgan fingerprint density at radius 3 is 2.87 bits per heavy atom. The van der Waals surface area contributed by atoms with Crippen LogP contribution >= 0.6 is 0 Å². The number of rotatable bonds is 4. The van der Waals surface area contributed by atoms with E-state index in [0.717, 1.165) is 36.5 Å². The average Bonchev–Trinajstić information content (AvgIpc) is 3.40. The van der Waals surface area contributed by atoms with Crippen LogP contribution in [0.5, 0.6) is 0 Å². The van der Waals surface area contributed by atoms with Gasteiger partial charge in [0.25, 0.3) is 11.9 Å². The van der Waals surface area contributed by atoms with Crippen molar-refractivity contribution in [1.82, 2.24) is 39.7 Å². The number of hydrogen-bond donors (Lipinski definition) is 3. The van der Waals surface area contributed by atoms with Crippen molar-refractivity contribution in [3.8, 4) is 5.95 Å². The number of amides is 1. The molecule has 12 heteroatoms. The van der Waals surface area contributed by atoms with Crippen LogP contribution in [0, 0.1) is 0 Å². The van der Waals surface area contributed by atoms with E-state index in [1.54, 1.807) is 36.8 Å². The molecule has 0 unspecified atom stereocenters. The molecule has 4 aromatic heterocycles. The van der Waals surface area contributed by atoms with E-state index in [0.29, 0.717) is 11.3 Å². The Hall–Kier alpha value is -4.06. The molecule has 1 aliphatic rings. The molecule has 0 radical (unpaired) electrons. The van der Waals surface area contributed by atoms with Crippen LogP contribution < -0.4 is 21.2 Å². The third-order valence-electron chi connectivity index (χ3n) is 4.81. The normalized spacial score (nSPS) is 14.2. The maximum Gasteiger partial charge on any atom is 0.357 e. The zero-order valence-corrected chi connectivity index (χ0v) is 15.8. The minimum absolute atomic E-state index is 0.0117. The van der Waals surface area contributed by atoms with E-state index in [1.807, 2.05) is 6.07 Å². The highest BCUT2D eigenvalue weighted by Crippen LogP contribution is 2.25. The molecule has 1 saturated heterocycles. The number of carbonyl (C=O) groups excluding carboxylic acids is 1. The number of pyridine rings is 2. The Morgan fingerprint density at radius 1 is 1.17 bits per heavy atom. The van der Waals surface area contributed by atoms with E-state index >= 15 is 0 Å². The van der Waals surface area contributed by atoms with Gasteiger partial charge in [0.15, 0.2) is 5.65 Å². The van der Waals surface area contributed by atoms with Crippen molar-refractivity contribution in [2.24, 2.45) is 0 Å². The molecule has 12 nitrogen and oxygen atoms in total. The number of carbonyl (C=O) groups is 1. The van der Waals surface area contributed by atoms with Gasteiger partial charge in [-0.1, -0.05) is 6.07 Å². The minimum Gasteiger partial charge on any atom is -0.367 e. The van der Waals surface area contributed by atoms with Crippen LogP contribution in [0.3, 0.4) is 0 Å². The number of aromatic nitrogens is 7. The van der Waals surface area contributed by atoms with Crippen molar-refractivity contribution in [3.05, 3.63) is 59.2 Å². The van der Waals surface area contributed by atoms with Crippen LogP contribution in [0.25, 0.3) is 11.6 Å². The lowest BCUT2D eigenvalue weighted by Gasteiger charge is -2.30. The molecule has 1 amide bonds. The number of piperazine rings is 1. The van der Waals surface area contributed by atoms with E-state index < -0.39 is 11.6 Å². The maximum absolute atomic E-state index is 12.7. The molecule has 3 N–H and O–H groups in total. The topological polar surface area (TPSA) is 138 Å². The Labute approximate surface area is 169 Å². The lowest BCUT2D eigenvalue weighted by Crippen LogP contribution is -2.43. The molecule has 0 aliphatic carbocycles. The SMILES string of the molecule is O=C(Nc1cnccc1N1CCNCC1)c1nc(-n2nc3ccccn3c2=O)n[nH]1. The third kappa shape index (κ3) is 3.18. The molecule has 1 fully saturated rings. The summed E-state index contributed by atoms with van der Waals surface area (Å²) in [5.74, 6) is -0.540. The maximum atomic E-state index is 12.7. The molecule has 152 valence electrons. The predicted molar refractivity (Wildman–Crippen MR) is 108 cm³/mol. The van der Waals surface area contributed by atoms with Gasteiger partial charge in [-0.25, -0.2) is 9.20 Å². The zero-order chi connectivity index (χ0) is 20.5. The molecular weight excluding hydrogens is 388 g/mol. The number of hydrogen-bond acceptors (Lipinski definition) is 8. The van der Waals surface area contributed by atoms with Crippen LogP contribution in [0.4, 0.5) is 11.4 Å². The molecule has 0 spiro atoms. The Balaban J connectivity index is 1.40. The number of nitrogens with zero attached hydrogens (tertiary/aromatic N) is 7. The van der Waals surface area contributed by atoms with Crippen molar-refractivity contribution in [3.63, 3.8) is 0 Å². The number of fused-ring (bicyclic) bond motifs is 1. The largest absolute Gasteiger partial charge is 0.367 e. The molecule has 0 bridgehead atoms. The fourth-order valence-corrected chi connectivity index (χ4v) is 3.35. The van der Waals surface area contributed by atoms with Crippen molar-refractivity contribution >= 4 is 22.9 Å². The van der Waals surface area contributed by atoms with Gasteiger partial charge in [0, 0.05) is 38.6 Å². The molecule has 0 saturated carbocycles. The number of anilines is 2. The van der Waals surface area contributed by atoms with Crippen LogP contribution in [0.2, 0.25) is 0 Å². The predicted octanol–water partition coefficient (Wildman–Crippen LogP) is -0.340. The van der Waals surface area contributed by atoms with Crippen molar-refractivity contribution < 1.29 is 4.79 Å². The molecule has 30 heavy (non-hydrogen) atoms. The Morgan fingerprint density at radius 2 is 2.03 bits per heavy atom. The molecule has 0 atom stereocenters. The van der Waals surface area contributed by atoms with Gasteiger partial charge in [-0.05, 0) is 18.2 Å². The monoisotopic (exact) mass is 406 g/mol. The fraction of sp³-hybridized carbons (Fsp3) is 0.222. The van der Waals surface area contributed by atoms with E-state index in [-0.39, 0.29) is 11.8 Å². The highest BCUT2D eigenvalue weighted by Gasteiger charge is 2.20. The smallest absolute Gasteiger partial charge is 0.357 e. The van der Waals surface area contributed by atoms with Gasteiger partial charge in [-0.2, -0.15) is 4.98 Å². The second-order valence-corrected chi connectivity index (χ2v) is 6.69. The molecule has 5 heterocycles. The zero-order valence-electron chi connectivity index (χ0n) is 15.8. The quantitative estimate of drug-likeness (QED) is 0.418. The van der Waals surface area contributed by atoms with Crippen LogP contribution in [0.1, 0.15) is 10.6 Å². The van der Waals surface area contributed by atoms with Gasteiger partial charge in [0.2, 0.25) is 5.82 Å². The summed E-state index contributed by atoms with van der Waals surface area (Å²) in [7, 11) is 0. The molecular formula is C18H18N10O2. The third-order valence-corrected chi connectivity index (χ3v) is 4.81. The summed E-state index contributed by atoms with van der Waals surface area (Å²) >= 11 is 0. The summed E-state index contributed by atoms with van der Waals surface area (Å²) in [6.07, 6.45) is 4.88. The lowest BCUT2D eigenvalue weighted by atomic mass is 10.2. The van der Waals surface area contributed by atoms with E-state index in [2.05, 4.69) is 40.8 Å². The highest BCUT2D eigenvalue weighted by atomic mass is 16.2. The molecule has 1 aliphatic heterocycles. The summed E-state index contributed by atoms with van der Waals surface area (Å²) in [6.45, 7) is 3.40. The summed E-state index contributed by atoms with van der Waals surface area (Å²) in [5, 5.41) is 16.8. The number of H-pyrrole nitrogens is 1. The van der Waals surface area contributed by atoms with E-state index in [1.165, 1.54) is 4.40 Å². The fourth-order valence-electron chi connectivity index (χ4n) is 3.35. The Bertz CT molecular complexity index is 1270. The van der Waals surface area contributed by atoms with E-state index in [9.17, 15) is 9.59 Å². The van der Waals surface area contributed by atoms with Crippen molar-refractivity contribution in [2.45, 2.75) is 0 Å². The second kappa shape index (κ2) is 7.40. The lowest BCUT2D eigenvalue weighted by molar-refractivity contribution is 0.101. The van der Waals surface area contributed by atoms with Crippen molar-refractivity contribution in [1.29, 1.82) is 0 Å². The first-order chi connectivity index (χ1) is 14.7. The van der Waals surface area contributed by atoms with E-state index in [4.69, 9.17) is 0 Å². The Kier molecular flexibility index (Phi) is 4.44. The highest BCUT2D eigenvalue weighted by molar-refractivity contribution is 6.03.